The SMILES string of the molecule is CCC1Cc2cncc(Oc3ccc4c(ccn4C(=O)O)c3)c2CN1. The van der Waals surface area contributed by atoms with Gasteiger partial charge in [-0.1, -0.05) is 6.92 Å². The van der Waals surface area contributed by atoms with Gasteiger partial charge in [-0.3, -0.25) is 9.55 Å². The summed E-state index contributed by atoms with van der Waals surface area (Å²) < 4.78 is 7.26. The van der Waals surface area contributed by atoms with Crippen molar-refractivity contribution in [3.8, 4) is 11.5 Å². The van der Waals surface area contributed by atoms with E-state index in [2.05, 4.69) is 17.2 Å². The lowest BCUT2D eigenvalue weighted by Crippen LogP contribution is -2.35. The van der Waals surface area contributed by atoms with E-state index >= 15 is 0 Å². The Balaban J connectivity index is 1.65. The van der Waals surface area contributed by atoms with Gasteiger partial charge >= 0.3 is 6.09 Å². The minimum absolute atomic E-state index is 0.483. The Morgan fingerprint density at radius 2 is 2.28 bits per heavy atom. The molecule has 1 aliphatic heterocycles. The van der Waals surface area contributed by atoms with E-state index in [9.17, 15) is 4.79 Å². The molecule has 6 heteroatoms. The molecule has 1 atom stereocenters. The lowest BCUT2D eigenvalue weighted by molar-refractivity contribution is 0.197. The van der Waals surface area contributed by atoms with E-state index in [0.29, 0.717) is 17.3 Å². The highest BCUT2D eigenvalue weighted by Crippen LogP contribution is 2.31. The summed E-state index contributed by atoms with van der Waals surface area (Å²) in [6.07, 6.45) is 6.23. The molecule has 2 N–H and O–H groups in total. The standard InChI is InChI=1S/C19H19N3O3/c1-2-14-7-13-9-20-11-18(16(13)10-21-14)25-15-3-4-17-12(8-15)5-6-22(17)19(23)24/h3-6,8-9,11,14,21H,2,7,10H2,1H3,(H,23,24). The molecule has 0 spiro atoms. The zero-order valence-electron chi connectivity index (χ0n) is 13.9. The van der Waals surface area contributed by atoms with Gasteiger partial charge in [-0.2, -0.15) is 0 Å². The van der Waals surface area contributed by atoms with Gasteiger partial charge in [0.1, 0.15) is 11.5 Å². The van der Waals surface area contributed by atoms with Gasteiger partial charge in [0.15, 0.2) is 0 Å². The molecule has 0 aliphatic carbocycles. The smallest absolute Gasteiger partial charge is 0.415 e. The summed E-state index contributed by atoms with van der Waals surface area (Å²) in [5, 5.41) is 13.5. The number of hydrogen-bond donors (Lipinski definition) is 2. The van der Waals surface area contributed by atoms with Crippen molar-refractivity contribution in [2.75, 3.05) is 0 Å². The largest absolute Gasteiger partial charge is 0.464 e. The van der Waals surface area contributed by atoms with Crippen LogP contribution in [0.4, 0.5) is 4.79 Å². The van der Waals surface area contributed by atoms with Crippen LogP contribution in [0.2, 0.25) is 0 Å². The van der Waals surface area contributed by atoms with Crippen LogP contribution >= 0.6 is 0 Å². The number of fused-ring (bicyclic) bond motifs is 2. The summed E-state index contributed by atoms with van der Waals surface area (Å²) in [6.45, 7) is 2.94. The zero-order valence-corrected chi connectivity index (χ0v) is 13.9. The normalized spacial score (nSPS) is 16.6. The first-order chi connectivity index (χ1) is 12.2. The maximum Gasteiger partial charge on any atom is 0.415 e. The molecule has 1 aliphatic rings. The summed E-state index contributed by atoms with van der Waals surface area (Å²) in [6, 6.07) is 7.64. The summed E-state index contributed by atoms with van der Waals surface area (Å²) >= 11 is 0. The third-order valence-corrected chi connectivity index (χ3v) is 4.73. The van der Waals surface area contributed by atoms with Crippen LogP contribution in [0, 0.1) is 0 Å². The monoisotopic (exact) mass is 337 g/mol. The van der Waals surface area contributed by atoms with Crippen molar-refractivity contribution in [1.29, 1.82) is 0 Å². The fraction of sp³-hybridized carbons (Fsp3) is 0.263. The number of rotatable bonds is 3. The number of aromatic nitrogens is 2. The topological polar surface area (TPSA) is 76.4 Å². The zero-order chi connectivity index (χ0) is 17.4. The molecule has 4 rings (SSSR count). The number of nitrogens with one attached hydrogen (secondary N) is 1. The Labute approximate surface area is 145 Å². The van der Waals surface area contributed by atoms with Gasteiger partial charge in [0, 0.05) is 35.9 Å². The first-order valence-electron chi connectivity index (χ1n) is 8.37. The number of carboxylic acid groups (broad SMARTS) is 1. The van der Waals surface area contributed by atoms with Crippen LogP contribution in [0.1, 0.15) is 24.5 Å². The molecule has 6 nitrogen and oxygen atoms in total. The van der Waals surface area contributed by atoms with Crippen molar-refractivity contribution in [2.45, 2.75) is 32.4 Å². The van der Waals surface area contributed by atoms with Crippen molar-refractivity contribution in [3.05, 3.63) is 54.0 Å². The van der Waals surface area contributed by atoms with Crippen molar-refractivity contribution >= 4 is 17.0 Å². The van der Waals surface area contributed by atoms with Crippen molar-refractivity contribution < 1.29 is 14.6 Å². The van der Waals surface area contributed by atoms with Gasteiger partial charge in [-0.05, 0) is 42.7 Å². The second kappa shape index (κ2) is 6.22. The lowest BCUT2D eigenvalue weighted by atomic mass is 9.96. The lowest BCUT2D eigenvalue weighted by Gasteiger charge is -2.26. The molecule has 0 fully saturated rings. The Morgan fingerprint density at radius 3 is 3.08 bits per heavy atom. The fourth-order valence-corrected chi connectivity index (χ4v) is 3.32. The Kier molecular flexibility index (Phi) is 3.89. The highest BCUT2D eigenvalue weighted by atomic mass is 16.5. The number of hydrogen-bond acceptors (Lipinski definition) is 4. The molecule has 128 valence electrons. The molecule has 2 aromatic heterocycles. The number of carbonyl (C=O) groups is 1. The molecular weight excluding hydrogens is 318 g/mol. The van der Waals surface area contributed by atoms with Crippen molar-refractivity contribution in [1.82, 2.24) is 14.9 Å². The molecule has 0 saturated carbocycles. The second-order valence-corrected chi connectivity index (χ2v) is 6.26. The van der Waals surface area contributed by atoms with Crippen molar-refractivity contribution in [3.63, 3.8) is 0 Å². The van der Waals surface area contributed by atoms with E-state index in [-0.39, 0.29) is 0 Å². The predicted molar refractivity (Wildman–Crippen MR) is 94.3 cm³/mol. The highest BCUT2D eigenvalue weighted by molar-refractivity contribution is 5.89. The van der Waals surface area contributed by atoms with Crippen LogP contribution < -0.4 is 10.1 Å². The van der Waals surface area contributed by atoms with E-state index in [4.69, 9.17) is 9.84 Å². The molecule has 0 amide bonds. The van der Waals surface area contributed by atoms with E-state index < -0.39 is 6.09 Å². The Morgan fingerprint density at radius 1 is 1.40 bits per heavy atom. The maximum absolute atomic E-state index is 11.2. The van der Waals surface area contributed by atoms with Crippen LogP contribution in [-0.4, -0.2) is 26.8 Å². The van der Waals surface area contributed by atoms with Crippen LogP contribution in [-0.2, 0) is 13.0 Å². The van der Waals surface area contributed by atoms with E-state index in [1.54, 1.807) is 24.4 Å². The molecule has 3 aromatic rings. The molecule has 1 unspecified atom stereocenters. The van der Waals surface area contributed by atoms with E-state index in [0.717, 1.165) is 36.1 Å². The van der Waals surface area contributed by atoms with Gasteiger partial charge in [-0.25, -0.2) is 4.79 Å². The summed E-state index contributed by atoms with van der Waals surface area (Å²) in [5.74, 6) is 1.42. The highest BCUT2D eigenvalue weighted by Gasteiger charge is 2.20. The van der Waals surface area contributed by atoms with Gasteiger partial charge in [-0.15, -0.1) is 0 Å². The minimum Gasteiger partial charge on any atom is -0.464 e. The first kappa shape index (κ1) is 15.7. The van der Waals surface area contributed by atoms with Gasteiger partial charge in [0.2, 0.25) is 0 Å². The third kappa shape index (κ3) is 2.85. The Bertz CT molecular complexity index is 948. The van der Waals surface area contributed by atoms with Crippen LogP contribution in [0.3, 0.4) is 0 Å². The number of nitrogens with zero attached hydrogens (tertiary/aromatic N) is 2. The molecule has 0 radical (unpaired) electrons. The minimum atomic E-state index is -0.999. The van der Waals surface area contributed by atoms with E-state index in [1.165, 1.54) is 16.3 Å². The van der Waals surface area contributed by atoms with Crippen molar-refractivity contribution in [2.24, 2.45) is 0 Å². The van der Waals surface area contributed by atoms with Gasteiger partial charge in [0.25, 0.3) is 0 Å². The number of benzene rings is 1. The summed E-state index contributed by atoms with van der Waals surface area (Å²) in [7, 11) is 0. The average molecular weight is 337 g/mol. The Hall–Kier alpha value is -2.86. The third-order valence-electron chi connectivity index (χ3n) is 4.73. The molecule has 1 aromatic carbocycles. The van der Waals surface area contributed by atoms with E-state index in [1.807, 2.05) is 12.3 Å². The molecule has 25 heavy (non-hydrogen) atoms. The fourth-order valence-electron chi connectivity index (χ4n) is 3.32. The molecule has 3 heterocycles. The van der Waals surface area contributed by atoms with Crippen LogP contribution in [0.15, 0.2) is 42.9 Å². The quantitative estimate of drug-likeness (QED) is 0.760. The summed E-state index contributed by atoms with van der Waals surface area (Å²) in [4.78, 5) is 15.5. The second-order valence-electron chi connectivity index (χ2n) is 6.26. The number of pyridine rings is 1. The average Bonchev–Trinajstić information content (AvgIpc) is 3.05. The molecule has 0 saturated heterocycles. The summed E-state index contributed by atoms with van der Waals surface area (Å²) in [5.41, 5.74) is 3.00. The predicted octanol–water partition coefficient (Wildman–Crippen LogP) is 3.78. The van der Waals surface area contributed by atoms with Crippen LogP contribution in [0.25, 0.3) is 10.9 Å². The molecule has 0 bridgehead atoms. The van der Waals surface area contributed by atoms with Gasteiger partial charge < -0.3 is 15.2 Å². The number of ether oxygens (including phenoxy) is 1. The molecular formula is C19H19N3O3. The van der Waals surface area contributed by atoms with Crippen LogP contribution in [0.5, 0.6) is 11.5 Å². The van der Waals surface area contributed by atoms with Gasteiger partial charge in [0.05, 0.1) is 11.7 Å². The first-order valence-corrected chi connectivity index (χ1v) is 8.37. The maximum atomic E-state index is 11.2.